The van der Waals surface area contributed by atoms with Crippen molar-refractivity contribution in [3.8, 4) is 0 Å². The van der Waals surface area contributed by atoms with Gasteiger partial charge >= 0.3 is 12.1 Å². The number of hydrogen-bond donors (Lipinski definition) is 6. The van der Waals surface area contributed by atoms with E-state index < -0.39 is 0 Å². The van der Waals surface area contributed by atoms with Gasteiger partial charge in [-0.1, -0.05) is 141 Å². The van der Waals surface area contributed by atoms with Gasteiger partial charge in [-0.3, -0.25) is 0 Å². The molecule has 4 aromatic carbocycles. The fraction of sp³-hybridized carbons (Fsp3) is 0.422. The maximum Gasteiger partial charge on any atom is 0.314 e. The highest BCUT2D eigenvalue weighted by Gasteiger charge is 2.15. The molecule has 0 aromatic heterocycles. The van der Waals surface area contributed by atoms with E-state index in [1.165, 1.54) is 54.4 Å². The Morgan fingerprint density at radius 2 is 0.618 bits per heavy atom. The van der Waals surface area contributed by atoms with E-state index in [2.05, 4.69) is 129 Å². The second-order valence-electron chi connectivity index (χ2n) is 13.7. The van der Waals surface area contributed by atoms with E-state index >= 15 is 0 Å². The van der Waals surface area contributed by atoms with Crippen LogP contribution in [0.4, 0.5) is 9.59 Å². The number of carbonyl (C=O) groups excluding carboxylic acids is 2. The molecular formula is C45H64Cl2N6O2. The SMILES string of the molecule is Cl.Cl.O=C(NCCCNCCCCCCCNCCCNC(=O)NCCC(c1ccccc1)c1ccccc1)NCCC(c1ccccc1)c1ccccc1. The number of amides is 4. The van der Waals surface area contributed by atoms with E-state index in [9.17, 15) is 9.59 Å². The van der Waals surface area contributed by atoms with Gasteiger partial charge < -0.3 is 31.9 Å². The van der Waals surface area contributed by atoms with Crippen molar-refractivity contribution in [2.45, 2.75) is 69.6 Å². The fourth-order valence-electron chi connectivity index (χ4n) is 6.69. The van der Waals surface area contributed by atoms with E-state index in [-0.39, 0.29) is 48.7 Å². The third-order valence-corrected chi connectivity index (χ3v) is 9.58. The Kier molecular flexibility index (Phi) is 25.8. The third kappa shape index (κ3) is 19.9. The number of rotatable bonds is 26. The van der Waals surface area contributed by atoms with Crippen molar-refractivity contribution in [3.05, 3.63) is 144 Å². The van der Waals surface area contributed by atoms with Crippen LogP contribution in [0.5, 0.6) is 0 Å². The molecule has 0 aliphatic carbocycles. The normalized spacial score (nSPS) is 10.7. The average Bonchev–Trinajstić information content (AvgIpc) is 3.20. The zero-order valence-corrected chi connectivity index (χ0v) is 34.0. The molecule has 0 unspecified atom stereocenters. The van der Waals surface area contributed by atoms with Gasteiger partial charge in [0.2, 0.25) is 0 Å². The van der Waals surface area contributed by atoms with Gasteiger partial charge in [0.05, 0.1) is 0 Å². The van der Waals surface area contributed by atoms with Crippen molar-refractivity contribution in [2.75, 3.05) is 52.4 Å². The Labute approximate surface area is 342 Å². The number of unbranched alkanes of at least 4 members (excludes halogenated alkanes) is 4. The Bertz CT molecular complexity index is 1330. The van der Waals surface area contributed by atoms with E-state index in [1.54, 1.807) is 0 Å². The third-order valence-electron chi connectivity index (χ3n) is 9.58. The maximum absolute atomic E-state index is 12.3. The lowest BCUT2D eigenvalue weighted by Crippen LogP contribution is -2.37. The molecular weight excluding hydrogens is 727 g/mol. The van der Waals surface area contributed by atoms with Crippen LogP contribution in [-0.4, -0.2) is 64.4 Å². The first kappa shape index (κ1) is 47.1. The number of halogens is 2. The molecule has 0 fully saturated rings. The molecule has 0 radical (unpaired) electrons. The van der Waals surface area contributed by atoms with Gasteiger partial charge in [-0.2, -0.15) is 0 Å². The molecule has 0 aliphatic rings. The molecule has 55 heavy (non-hydrogen) atoms. The molecule has 0 bridgehead atoms. The Hall–Kier alpha value is -4.08. The Morgan fingerprint density at radius 3 is 0.945 bits per heavy atom. The monoisotopic (exact) mass is 790 g/mol. The lowest BCUT2D eigenvalue weighted by Gasteiger charge is -2.18. The van der Waals surface area contributed by atoms with Crippen molar-refractivity contribution >= 4 is 36.9 Å². The van der Waals surface area contributed by atoms with Crippen molar-refractivity contribution in [2.24, 2.45) is 0 Å². The molecule has 300 valence electrons. The van der Waals surface area contributed by atoms with Crippen molar-refractivity contribution < 1.29 is 9.59 Å². The molecule has 0 aliphatic heterocycles. The quantitative estimate of drug-likeness (QED) is 0.0358. The summed E-state index contributed by atoms with van der Waals surface area (Å²) in [5.74, 6) is 0.519. The van der Waals surface area contributed by atoms with Gasteiger partial charge in [0, 0.05) is 38.0 Å². The van der Waals surface area contributed by atoms with E-state index in [4.69, 9.17) is 0 Å². The highest BCUT2D eigenvalue weighted by molar-refractivity contribution is 5.85. The average molecular weight is 792 g/mol. The summed E-state index contributed by atoms with van der Waals surface area (Å²) in [4.78, 5) is 24.6. The molecule has 4 rings (SSSR count). The van der Waals surface area contributed by atoms with Crippen LogP contribution in [0.1, 0.15) is 91.9 Å². The van der Waals surface area contributed by atoms with Crippen molar-refractivity contribution in [1.82, 2.24) is 31.9 Å². The van der Waals surface area contributed by atoms with Crippen LogP contribution in [0.2, 0.25) is 0 Å². The van der Waals surface area contributed by atoms with Gasteiger partial charge in [0.15, 0.2) is 0 Å². The zero-order chi connectivity index (χ0) is 37.0. The van der Waals surface area contributed by atoms with Crippen LogP contribution in [0.3, 0.4) is 0 Å². The van der Waals surface area contributed by atoms with Crippen LogP contribution in [-0.2, 0) is 0 Å². The molecule has 8 nitrogen and oxygen atoms in total. The Morgan fingerprint density at radius 1 is 0.345 bits per heavy atom. The second-order valence-corrected chi connectivity index (χ2v) is 13.7. The van der Waals surface area contributed by atoms with Crippen LogP contribution >= 0.6 is 24.8 Å². The number of urea groups is 2. The minimum absolute atomic E-state index is 0. The van der Waals surface area contributed by atoms with Gasteiger partial charge in [-0.25, -0.2) is 9.59 Å². The fourth-order valence-corrected chi connectivity index (χ4v) is 6.69. The van der Waals surface area contributed by atoms with Crippen LogP contribution in [0, 0.1) is 0 Å². The summed E-state index contributed by atoms with van der Waals surface area (Å²) in [5.41, 5.74) is 5.08. The summed E-state index contributed by atoms with van der Waals surface area (Å²) >= 11 is 0. The van der Waals surface area contributed by atoms with Gasteiger partial charge in [-0.05, 0) is 87.0 Å². The highest BCUT2D eigenvalue weighted by atomic mass is 35.5. The van der Waals surface area contributed by atoms with Gasteiger partial charge in [0.25, 0.3) is 0 Å². The lowest BCUT2D eigenvalue weighted by atomic mass is 9.88. The smallest absolute Gasteiger partial charge is 0.314 e. The van der Waals surface area contributed by atoms with Crippen LogP contribution in [0.15, 0.2) is 121 Å². The minimum atomic E-state index is -0.0956. The standard InChI is InChI=1S/C45H62N6O2.2ClH/c52-44(50-36-28-42(38-20-8-4-9-21-38)39-22-10-5-11-23-39)48-34-18-32-46-30-16-2-1-3-17-31-47-33-19-35-49-45(53)51-37-29-43(40-24-12-6-13-25-40)41-26-14-7-15-27-41;;/h4-15,20-27,42-43,46-47H,1-3,16-19,28-37H2,(H2,48,50,52)(H2,49,51,53);2*1H. The molecule has 4 amide bonds. The molecule has 0 saturated carbocycles. The van der Waals surface area contributed by atoms with Crippen molar-refractivity contribution in [3.63, 3.8) is 0 Å². The van der Waals surface area contributed by atoms with Gasteiger partial charge in [0.1, 0.15) is 0 Å². The summed E-state index contributed by atoms with van der Waals surface area (Å²) < 4.78 is 0. The zero-order valence-electron chi connectivity index (χ0n) is 32.4. The van der Waals surface area contributed by atoms with E-state index in [0.29, 0.717) is 26.2 Å². The van der Waals surface area contributed by atoms with E-state index in [0.717, 1.165) is 51.9 Å². The van der Waals surface area contributed by atoms with Gasteiger partial charge in [-0.15, -0.1) is 24.8 Å². The molecule has 6 N–H and O–H groups in total. The first-order valence-electron chi connectivity index (χ1n) is 19.9. The Balaban J connectivity index is 0.00000523. The first-order valence-corrected chi connectivity index (χ1v) is 19.9. The largest absolute Gasteiger partial charge is 0.338 e. The lowest BCUT2D eigenvalue weighted by molar-refractivity contribution is 0.239. The summed E-state index contributed by atoms with van der Waals surface area (Å²) in [5, 5.41) is 19.1. The minimum Gasteiger partial charge on any atom is -0.338 e. The summed E-state index contributed by atoms with van der Waals surface area (Å²) in [6.45, 7) is 6.44. The molecule has 0 heterocycles. The maximum atomic E-state index is 12.3. The van der Waals surface area contributed by atoms with Crippen molar-refractivity contribution in [1.29, 1.82) is 0 Å². The summed E-state index contributed by atoms with van der Waals surface area (Å²) in [6, 6.07) is 41.8. The summed E-state index contributed by atoms with van der Waals surface area (Å²) in [7, 11) is 0. The predicted octanol–water partition coefficient (Wildman–Crippen LogP) is 8.78. The second kappa shape index (κ2) is 30.2. The van der Waals surface area contributed by atoms with Crippen LogP contribution in [0.25, 0.3) is 0 Å². The highest BCUT2D eigenvalue weighted by Crippen LogP contribution is 2.28. The molecule has 4 aromatic rings. The van der Waals surface area contributed by atoms with E-state index in [1.807, 2.05) is 24.3 Å². The number of carbonyl (C=O) groups is 2. The summed E-state index contributed by atoms with van der Waals surface area (Å²) in [6.07, 6.45) is 9.61. The number of benzene rings is 4. The van der Waals surface area contributed by atoms with Crippen LogP contribution < -0.4 is 31.9 Å². The molecule has 10 heteroatoms. The number of nitrogens with one attached hydrogen (secondary N) is 6. The molecule has 0 spiro atoms. The predicted molar refractivity (Wildman–Crippen MR) is 234 cm³/mol. The first-order chi connectivity index (χ1) is 26.2. The molecule has 0 atom stereocenters. The molecule has 0 saturated heterocycles. The topological polar surface area (TPSA) is 106 Å². The number of hydrogen-bond acceptors (Lipinski definition) is 4.